The van der Waals surface area contributed by atoms with Crippen LogP contribution in [0.1, 0.15) is 0 Å². The molecule has 0 unspecified atom stereocenters. The van der Waals surface area contributed by atoms with Crippen molar-refractivity contribution >= 4 is 22.1 Å². The van der Waals surface area contributed by atoms with Crippen LogP contribution >= 0.6 is 0 Å². The summed E-state index contributed by atoms with van der Waals surface area (Å²) in [5.41, 5.74) is 11.6. The second-order valence-corrected chi connectivity index (χ2v) is 12.6. The van der Waals surface area contributed by atoms with Crippen molar-refractivity contribution in [2.24, 2.45) is 14.1 Å². The molecule has 5 heterocycles. The number of rotatable bonds is 6. The van der Waals surface area contributed by atoms with Crippen LogP contribution in [0.5, 0.6) is 11.5 Å². The fraction of sp³-hybridized carbons (Fsp3) is 0.0476. The smallest absolute Gasteiger partial charge is 0.144 e. The van der Waals surface area contributed by atoms with Gasteiger partial charge in [0.1, 0.15) is 40.5 Å². The first kappa shape index (κ1) is 30.8. The van der Waals surface area contributed by atoms with Crippen molar-refractivity contribution in [1.82, 2.24) is 39.0 Å². The summed E-state index contributed by atoms with van der Waals surface area (Å²) in [6.07, 6.45) is 8.82. The van der Waals surface area contributed by atoms with Crippen molar-refractivity contribution in [3.63, 3.8) is 0 Å². The van der Waals surface area contributed by atoms with Gasteiger partial charge >= 0.3 is 0 Å². The van der Waals surface area contributed by atoms with E-state index >= 15 is 0 Å². The highest BCUT2D eigenvalue weighted by atomic mass is 16.3. The summed E-state index contributed by atoms with van der Waals surface area (Å²) in [6, 6.07) is 32.7. The van der Waals surface area contributed by atoms with E-state index in [9.17, 15) is 10.2 Å². The Morgan fingerprint density at radius 2 is 0.904 bits per heavy atom. The summed E-state index contributed by atoms with van der Waals surface area (Å²) in [5.74, 6) is 1.66. The molecule has 0 aliphatic heterocycles. The zero-order valence-electron chi connectivity index (χ0n) is 28.2. The number of para-hydroxylation sites is 2. The molecule has 0 fully saturated rings. The van der Waals surface area contributed by atoms with Crippen LogP contribution in [0.15, 0.2) is 134 Å². The Kier molecular flexibility index (Phi) is 7.29. The summed E-state index contributed by atoms with van der Waals surface area (Å²) < 4.78 is 3.90. The standard InChI is InChI=1S/C42H30N8O2/c1-49-35-22-43-20-31(39(35)47-41(49)29-13-3-5-15-37(29)51)25-9-7-11-27(17-25)33-19-34(46-24-45-33)28-12-8-10-26(18-28)32-21-44-23-36-40(32)48-42(50(36)2)30-14-4-6-16-38(30)52/h3-24,51-52H,1-2H3. The lowest BCUT2D eigenvalue weighted by atomic mass is 9.99. The third-order valence-corrected chi connectivity index (χ3v) is 9.49. The van der Waals surface area contributed by atoms with Gasteiger partial charge in [-0.15, -0.1) is 0 Å². The molecule has 10 heteroatoms. The first-order valence-corrected chi connectivity index (χ1v) is 16.7. The van der Waals surface area contributed by atoms with E-state index < -0.39 is 0 Å². The van der Waals surface area contributed by atoms with Crippen molar-refractivity contribution in [2.75, 3.05) is 0 Å². The molecule has 0 amide bonds. The number of phenolic OH excluding ortho intramolecular Hbond substituents is 2. The van der Waals surface area contributed by atoms with Crippen molar-refractivity contribution in [3.05, 3.63) is 134 Å². The van der Waals surface area contributed by atoms with Crippen LogP contribution in [0.2, 0.25) is 0 Å². The molecular weight excluding hydrogens is 649 g/mol. The highest BCUT2D eigenvalue weighted by Gasteiger charge is 2.19. The maximum atomic E-state index is 10.5. The molecule has 10 nitrogen and oxygen atoms in total. The molecule has 4 aromatic carbocycles. The van der Waals surface area contributed by atoms with Gasteiger partial charge in [-0.3, -0.25) is 9.97 Å². The normalized spacial score (nSPS) is 11.4. The van der Waals surface area contributed by atoms with E-state index in [0.29, 0.717) is 22.8 Å². The summed E-state index contributed by atoms with van der Waals surface area (Å²) in [7, 11) is 3.86. The van der Waals surface area contributed by atoms with Gasteiger partial charge < -0.3 is 19.3 Å². The molecule has 0 spiro atoms. The van der Waals surface area contributed by atoms with Gasteiger partial charge in [0, 0.05) is 48.7 Å². The Balaban J connectivity index is 1.08. The number of aromatic hydroxyl groups is 2. The number of aromatic nitrogens is 8. The monoisotopic (exact) mass is 678 g/mol. The Bertz CT molecular complexity index is 2630. The molecule has 0 saturated carbocycles. The van der Waals surface area contributed by atoms with Crippen molar-refractivity contribution in [3.8, 4) is 79.0 Å². The van der Waals surface area contributed by atoms with Crippen LogP contribution in [0.3, 0.4) is 0 Å². The number of aryl methyl sites for hydroxylation is 2. The van der Waals surface area contributed by atoms with Crippen LogP contribution in [0.25, 0.3) is 89.6 Å². The number of imidazole rings is 2. The Hall–Kier alpha value is -7.20. The summed E-state index contributed by atoms with van der Waals surface area (Å²) >= 11 is 0. The van der Waals surface area contributed by atoms with E-state index in [2.05, 4.69) is 32.1 Å². The van der Waals surface area contributed by atoms with Crippen LogP contribution in [0, 0.1) is 0 Å². The SMILES string of the molecule is Cn1c(-c2ccccc2O)nc2c(-c3cccc(-c4cc(-c5cccc(-c6cncc7c6nc(-c6ccccc6O)n7C)c5)ncn4)c3)cncc21. The van der Waals surface area contributed by atoms with Crippen molar-refractivity contribution in [1.29, 1.82) is 0 Å². The number of benzene rings is 4. The molecule has 0 radical (unpaired) electrons. The number of hydrogen-bond donors (Lipinski definition) is 2. The topological polar surface area (TPSA) is 128 Å². The van der Waals surface area contributed by atoms with E-state index in [1.54, 1.807) is 43.0 Å². The number of nitrogens with zero attached hydrogens (tertiary/aromatic N) is 8. The molecule has 0 atom stereocenters. The lowest BCUT2D eigenvalue weighted by molar-refractivity contribution is 0.476. The highest BCUT2D eigenvalue weighted by Crippen LogP contribution is 2.37. The van der Waals surface area contributed by atoms with Crippen LogP contribution in [-0.4, -0.2) is 49.3 Å². The van der Waals surface area contributed by atoms with E-state index in [1.807, 2.05) is 102 Å². The quantitative estimate of drug-likeness (QED) is 0.179. The Labute approximate surface area is 298 Å². The average molecular weight is 679 g/mol. The van der Waals surface area contributed by atoms with Gasteiger partial charge in [-0.25, -0.2) is 19.9 Å². The molecule has 52 heavy (non-hydrogen) atoms. The summed E-state index contributed by atoms with van der Waals surface area (Å²) in [5, 5.41) is 21.1. The Morgan fingerprint density at radius 1 is 0.462 bits per heavy atom. The molecule has 2 N–H and O–H groups in total. The van der Waals surface area contributed by atoms with Gasteiger partial charge in [-0.05, 0) is 53.6 Å². The average Bonchev–Trinajstić information content (AvgIpc) is 3.71. The lowest BCUT2D eigenvalue weighted by Gasteiger charge is -2.09. The molecule has 250 valence electrons. The van der Waals surface area contributed by atoms with Gasteiger partial charge in [-0.1, -0.05) is 60.7 Å². The predicted molar refractivity (Wildman–Crippen MR) is 202 cm³/mol. The minimum absolute atomic E-state index is 0.173. The largest absolute Gasteiger partial charge is 0.507 e. The summed E-state index contributed by atoms with van der Waals surface area (Å²) in [4.78, 5) is 28.3. The zero-order valence-corrected chi connectivity index (χ0v) is 28.2. The van der Waals surface area contributed by atoms with Gasteiger partial charge in [-0.2, -0.15) is 0 Å². The first-order valence-electron chi connectivity index (χ1n) is 16.7. The Morgan fingerprint density at radius 3 is 1.37 bits per heavy atom. The number of hydrogen-bond acceptors (Lipinski definition) is 8. The van der Waals surface area contributed by atoms with Gasteiger partial charge in [0.15, 0.2) is 0 Å². The molecule has 0 saturated heterocycles. The molecular formula is C42H30N8O2. The van der Waals surface area contributed by atoms with E-state index in [1.165, 1.54) is 0 Å². The highest BCUT2D eigenvalue weighted by molar-refractivity contribution is 5.96. The number of fused-ring (bicyclic) bond motifs is 2. The maximum Gasteiger partial charge on any atom is 0.144 e. The van der Waals surface area contributed by atoms with Crippen molar-refractivity contribution in [2.45, 2.75) is 0 Å². The molecule has 0 aliphatic rings. The predicted octanol–water partition coefficient (Wildman–Crippen LogP) is 8.45. The van der Waals surface area contributed by atoms with Gasteiger partial charge in [0.05, 0.1) is 45.9 Å². The summed E-state index contributed by atoms with van der Waals surface area (Å²) in [6.45, 7) is 0. The van der Waals surface area contributed by atoms with Gasteiger partial charge in [0.25, 0.3) is 0 Å². The third kappa shape index (κ3) is 5.12. The second-order valence-electron chi connectivity index (χ2n) is 12.6. The number of phenols is 2. The first-order chi connectivity index (χ1) is 25.4. The second kappa shape index (κ2) is 12.3. The van der Waals surface area contributed by atoms with Crippen LogP contribution in [-0.2, 0) is 14.1 Å². The fourth-order valence-electron chi connectivity index (χ4n) is 6.80. The number of pyridine rings is 2. The van der Waals surface area contributed by atoms with E-state index in [0.717, 1.165) is 66.8 Å². The van der Waals surface area contributed by atoms with E-state index in [-0.39, 0.29) is 11.5 Å². The molecule has 9 rings (SSSR count). The maximum absolute atomic E-state index is 10.5. The third-order valence-electron chi connectivity index (χ3n) is 9.49. The molecule has 0 bridgehead atoms. The lowest BCUT2D eigenvalue weighted by Crippen LogP contribution is -1.93. The van der Waals surface area contributed by atoms with E-state index in [4.69, 9.17) is 9.97 Å². The minimum atomic E-state index is 0.173. The van der Waals surface area contributed by atoms with Crippen LogP contribution < -0.4 is 0 Å². The van der Waals surface area contributed by atoms with Crippen LogP contribution in [0.4, 0.5) is 0 Å². The minimum Gasteiger partial charge on any atom is -0.507 e. The fourth-order valence-corrected chi connectivity index (χ4v) is 6.80. The molecule has 5 aromatic heterocycles. The zero-order chi connectivity index (χ0) is 35.3. The van der Waals surface area contributed by atoms with Gasteiger partial charge in [0.2, 0.25) is 0 Å². The molecule has 9 aromatic rings. The van der Waals surface area contributed by atoms with Crippen molar-refractivity contribution < 1.29 is 10.2 Å². The molecule has 0 aliphatic carbocycles.